The van der Waals surface area contributed by atoms with E-state index in [-0.39, 0.29) is 17.9 Å². The van der Waals surface area contributed by atoms with Crippen molar-refractivity contribution in [2.24, 2.45) is 11.8 Å². The molecular weight excluding hydrogens is 306 g/mol. The molecule has 0 saturated carbocycles. The van der Waals surface area contributed by atoms with Gasteiger partial charge in [0.15, 0.2) is 0 Å². The van der Waals surface area contributed by atoms with E-state index in [1.165, 1.54) is 0 Å². The predicted molar refractivity (Wildman–Crippen MR) is 79.4 cm³/mol. The van der Waals surface area contributed by atoms with Crippen LogP contribution < -0.4 is 16.2 Å². The lowest BCUT2D eigenvalue weighted by Crippen LogP contribution is -2.36. The molecule has 0 spiro atoms. The Morgan fingerprint density at radius 2 is 2.32 bits per heavy atom. The third-order valence-electron chi connectivity index (χ3n) is 3.21. The van der Waals surface area contributed by atoms with Gasteiger partial charge in [-0.2, -0.15) is 0 Å². The molecule has 1 fully saturated rings. The fourth-order valence-corrected chi connectivity index (χ4v) is 2.61. The molecule has 0 aromatic heterocycles. The van der Waals surface area contributed by atoms with Crippen molar-refractivity contribution in [1.29, 1.82) is 0 Å². The zero-order chi connectivity index (χ0) is 13.8. The first kappa shape index (κ1) is 14.5. The molecule has 1 aromatic rings. The normalized spacial score (nSPS) is 22.7. The third-order valence-corrected chi connectivity index (χ3v) is 3.70. The van der Waals surface area contributed by atoms with Gasteiger partial charge in [0.1, 0.15) is 0 Å². The van der Waals surface area contributed by atoms with Crippen LogP contribution in [-0.2, 0) is 4.79 Å². The van der Waals surface area contributed by atoms with Gasteiger partial charge in [0.2, 0.25) is 5.91 Å². The van der Waals surface area contributed by atoms with Gasteiger partial charge in [-0.25, -0.2) is 5.43 Å². The highest BCUT2D eigenvalue weighted by atomic mass is 79.9. The van der Waals surface area contributed by atoms with Gasteiger partial charge in [0, 0.05) is 17.6 Å². The van der Waals surface area contributed by atoms with E-state index in [0.29, 0.717) is 12.5 Å². The van der Waals surface area contributed by atoms with Crippen LogP contribution in [-0.4, -0.2) is 19.0 Å². The number of nitrogens with one attached hydrogen (secondary N) is 3. The Bertz CT molecular complexity index is 450. The van der Waals surface area contributed by atoms with Gasteiger partial charge in [-0.15, -0.1) is 0 Å². The van der Waals surface area contributed by atoms with E-state index in [2.05, 4.69) is 45.9 Å². The SMILES string of the molecule is CC(C)CNC(=O)C1CNNC1c1cccc(Br)c1. The molecule has 0 aliphatic carbocycles. The van der Waals surface area contributed by atoms with Gasteiger partial charge in [0.25, 0.3) is 0 Å². The lowest BCUT2D eigenvalue weighted by atomic mass is 9.94. The maximum Gasteiger partial charge on any atom is 0.226 e. The Morgan fingerprint density at radius 3 is 3.00 bits per heavy atom. The first-order chi connectivity index (χ1) is 9.08. The van der Waals surface area contributed by atoms with Crippen LogP contribution in [0.4, 0.5) is 0 Å². The highest BCUT2D eigenvalue weighted by Crippen LogP contribution is 2.27. The lowest BCUT2D eigenvalue weighted by molar-refractivity contribution is -0.125. The zero-order valence-electron chi connectivity index (χ0n) is 11.2. The Labute approximate surface area is 122 Å². The van der Waals surface area contributed by atoms with Gasteiger partial charge < -0.3 is 5.32 Å². The molecule has 1 heterocycles. The number of rotatable bonds is 4. The Kier molecular flexibility index (Phi) is 4.96. The van der Waals surface area contributed by atoms with Gasteiger partial charge >= 0.3 is 0 Å². The van der Waals surface area contributed by atoms with Crippen molar-refractivity contribution in [2.75, 3.05) is 13.1 Å². The van der Waals surface area contributed by atoms with Gasteiger partial charge in [-0.1, -0.05) is 41.9 Å². The summed E-state index contributed by atoms with van der Waals surface area (Å²) in [5.74, 6) is 0.500. The van der Waals surface area contributed by atoms with Crippen LogP contribution in [0, 0.1) is 11.8 Å². The minimum atomic E-state index is -0.0759. The number of carbonyl (C=O) groups excluding carboxylic acids is 1. The molecule has 5 heteroatoms. The second-order valence-corrected chi connectivity index (χ2v) is 6.22. The summed E-state index contributed by atoms with van der Waals surface area (Å²) in [5, 5.41) is 3.01. The molecule has 19 heavy (non-hydrogen) atoms. The molecule has 1 aliphatic rings. The fourth-order valence-electron chi connectivity index (χ4n) is 2.19. The largest absolute Gasteiger partial charge is 0.356 e. The van der Waals surface area contributed by atoms with Gasteiger partial charge in [-0.3, -0.25) is 10.2 Å². The first-order valence-electron chi connectivity index (χ1n) is 6.59. The molecule has 0 bridgehead atoms. The second-order valence-electron chi connectivity index (χ2n) is 5.30. The Hall–Kier alpha value is -0.910. The molecule has 1 aromatic carbocycles. The molecule has 2 unspecified atom stereocenters. The van der Waals surface area contributed by atoms with Crippen molar-refractivity contribution in [2.45, 2.75) is 19.9 Å². The molecule has 1 aliphatic heterocycles. The van der Waals surface area contributed by atoms with E-state index >= 15 is 0 Å². The van der Waals surface area contributed by atoms with E-state index in [9.17, 15) is 4.79 Å². The van der Waals surface area contributed by atoms with Crippen LogP contribution >= 0.6 is 15.9 Å². The average molecular weight is 326 g/mol. The summed E-state index contributed by atoms with van der Waals surface area (Å²) in [7, 11) is 0. The summed E-state index contributed by atoms with van der Waals surface area (Å²) < 4.78 is 1.03. The molecule has 1 saturated heterocycles. The number of hydrogen-bond acceptors (Lipinski definition) is 3. The molecule has 1 amide bonds. The molecule has 3 N–H and O–H groups in total. The van der Waals surface area contributed by atoms with Crippen molar-refractivity contribution in [3.05, 3.63) is 34.3 Å². The number of carbonyl (C=O) groups is 1. The molecule has 2 rings (SSSR count). The predicted octanol–water partition coefficient (Wildman–Crippen LogP) is 1.99. The summed E-state index contributed by atoms with van der Waals surface area (Å²) in [5.41, 5.74) is 7.38. The van der Waals surface area contributed by atoms with Crippen molar-refractivity contribution in [3.8, 4) is 0 Å². The van der Waals surface area contributed by atoms with Crippen LogP contribution in [0.15, 0.2) is 28.7 Å². The zero-order valence-corrected chi connectivity index (χ0v) is 12.8. The summed E-state index contributed by atoms with van der Waals surface area (Å²) in [6, 6.07) is 8.08. The lowest BCUT2D eigenvalue weighted by Gasteiger charge is -2.19. The van der Waals surface area contributed by atoms with E-state index in [0.717, 1.165) is 16.6 Å². The summed E-state index contributed by atoms with van der Waals surface area (Å²) in [6.45, 7) is 5.57. The monoisotopic (exact) mass is 325 g/mol. The fraction of sp³-hybridized carbons (Fsp3) is 0.500. The number of benzene rings is 1. The van der Waals surface area contributed by atoms with Crippen molar-refractivity contribution < 1.29 is 4.79 Å². The number of halogens is 1. The van der Waals surface area contributed by atoms with Crippen molar-refractivity contribution >= 4 is 21.8 Å². The summed E-state index contributed by atoms with van der Waals surface area (Å²) in [4.78, 5) is 12.2. The Morgan fingerprint density at radius 1 is 1.53 bits per heavy atom. The van der Waals surface area contributed by atoms with Gasteiger partial charge in [0.05, 0.1) is 12.0 Å². The number of hydrogen-bond donors (Lipinski definition) is 3. The summed E-state index contributed by atoms with van der Waals surface area (Å²) >= 11 is 3.47. The maximum absolute atomic E-state index is 12.2. The van der Waals surface area contributed by atoms with Crippen molar-refractivity contribution in [1.82, 2.24) is 16.2 Å². The molecule has 104 valence electrons. The molecule has 2 atom stereocenters. The standard InChI is InChI=1S/C14H20BrN3O/c1-9(2)7-16-14(19)12-8-17-18-13(12)10-4-3-5-11(15)6-10/h3-6,9,12-13,17-18H,7-8H2,1-2H3,(H,16,19). The topological polar surface area (TPSA) is 53.2 Å². The smallest absolute Gasteiger partial charge is 0.226 e. The van der Waals surface area contributed by atoms with E-state index < -0.39 is 0 Å². The maximum atomic E-state index is 12.2. The average Bonchev–Trinajstić information content (AvgIpc) is 2.85. The number of hydrazine groups is 1. The van der Waals surface area contributed by atoms with Crippen LogP contribution in [0.5, 0.6) is 0 Å². The van der Waals surface area contributed by atoms with Crippen molar-refractivity contribution in [3.63, 3.8) is 0 Å². The van der Waals surface area contributed by atoms with E-state index in [1.807, 2.05) is 24.3 Å². The van der Waals surface area contributed by atoms with Crippen LogP contribution in [0.3, 0.4) is 0 Å². The second kappa shape index (κ2) is 6.50. The molecular formula is C14H20BrN3O. The highest BCUT2D eigenvalue weighted by Gasteiger charge is 2.33. The van der Waals surface area contributed by atoms with Crippen LogP contribution in [0.1, 0.15) is 25.5 Å². The minimum Gasteiger partial charge on any atom is -0.356 e. The van der Waals surface area contributed by atoms with Crippen LogP contribution in [0.25, 0.3) is 0 Å². The summed E-state index contributed by atoms with van der Waals surface area (Å²) in [6.07, 6.45) is 0. The van der Waals surface area contributed by atoms with Crippen LogP contribution in [0.2, 0.25) is 0 Å². The van der Waals surface area contributed by atoms with E-state index in [1.54, 1.807) is 0 Å². The Balaban J connectivity index is 2.06. The highest BCUT2D eigenvalue weighted by molar-refractivity contribution is 9.10. The molecule has 4 nitrogen and oxygen atoms in total. The van der Waals surface area contributed by atoms with E-state index in [4.69, 9.17) is 0 Å². The third kappa shape index (κ3) is 3.78. The quantitative estimate of drug-likeness (QED) is 0.793. The first-order valence-corrected chi connectivity index (χ1v) is 7.39. The number of amides is 1. The molecule has 0 radical (unpaired) electrons. The van der Waals surface area contributed by atoms with Gasteiger partial charge in [-0.05, 0) is 23.6 Å². The minimum absolute atomic E-state index is 0.0182.